The quantitative estimate of drug-likeness (QED) is 0.710. The number of carbonyl (C=O) groups is 1. The van der Waals surface area contributed by atoms with Crippen molar-refractivity contribution in [2.24, 2.45) is 0 Å². The van der Waals surface area contributed by atoms with Crippen molar-refractivity contribution in [1.82, 2.24) is 4.98 Å². The Morgan fingerprint density at radius 3 is 2.70 bits per heavy atom. The van der Waals surface area contributed by atoms with Crippen molar-refractivity contribution in [2.45, 2.75) is 13.3 Å². The molecule has 0 aliphatic carbocycles. The predicted octanol–water partition coefficient (Wildman–Crippen LogP) is 3.99. The molecule has 0 saturated carbocycles. The molecule has 0 unspecified atom stereocenters. The van der Waals surface area contributed by atoms with Crippen molar-refractivity contribution in [3.63, 3.8) is 0 Å². The molecular formula is C20H19FN2O4. The number of benzene rings is 2. The molecule has 27 heavy (non-hydrogen) atoms. The van der Waals surface area contributed by atoms with Crippen LogP contribution in [0.15, 0.2) is 46.9 Å². The zero-order valence-electron chi connectivity index (χ0n) is 15.2. The van der Waals surface area contributed by atoms with Gasteiger partial charge in [-0.2, -0.15) is 0 Å². The molecule has 3 rings (SSSR count). The molecule has 140 valence electrons. The van der Waals surface area contributed by atoms with Crippen LogP contribution in [0.5, 0.6) is 11.5 Å². The summed E-state index contributed by atoms with van der Waals surface area (Å²) in [6, 6.07) is 11.0. The van der Waals surface area contributed by atoms with E-state index in [-0.39, 0.29) is 24.0 Å². The van der Waals surface area contributed by atoms with Gasteiger partial charge in [0.15, 0.2) is 0 Å². The molecular weight excluding hydrogens is 351 g/mol. The highest BCUT2D eigenvalue weighted by Gasteiger charge is 2.16. The molecule has 0 bridgehead atoms. The smallest absolute Gasteiger partial charge is 0.230 e. The number of aromatic nitrogens is 1. The fraction of sp³-hybridized carbons (Fsp3) is 0.200. The minimum atomic E-state index is -0.380. The van der Waals surface area contributed by atoms with Gasteiger partial charge in [-0.3, -0.25) is 4.79 Å². The summed E-state index contributed by atoms with van der Waals surface area (Å²) in [7, 11) is 3.06. The van der Waals surface area contributed by atoms with Crippen LogP contribution in [-0.4, -0.2) is 25.1 Å². The second-order valence-electron chi connectivity index (χ2n) is 5.82. The summed E-state index contributed by atoms with van der Waals surface area (Å²) in [6.45, 7) is 1.71. The molecule has 0 saturated heterocycles. The third kappa shape index (κ3) is 4.25. The summed E-state index contributed by atoms with van der Waals surface area (Å²) >= 11 is 0. The molecule has 2 aromatic carbocycles. The lowest BCUT2D eigenvalue weighted by Gasteiger charge is -2.11. The van der Waals surface area contributed by atoms with Crippen LogP contribution in [0.1, 0.15) is 11.5 Å². The van der Waals surface area contributed by atoms with E-state index in [1.165, 1.54) is 19.2 Å². The van der Waals surface area contributed by atoms with Gasteiger partial charge in [-0.15, -0.1) is 0 Å². The highest BCUT2D eigenvalue weighted by atomic mass is 19.1. The predicted molar refractivity (Wildman–Crippen MR) is 98.5 cm³/mol. The van der Waals surface area contributed by atoms with E-state index < -0.39 is 0 Å². The molecule has 0 aliphatic rings. The lowest BCUT2D eigenvalue weighted by atomic mass is 10.2. The van der Waals surface area contributed by atoms with Crippen molar-refractivity contribution in [2.75, 3.05) is 19.5 Å². The first-order chi connectivity index (χ1) is 13.0. The monoisotopic (exact) mass is 370 g/mol. The van der Waals surface area contributed by atoms with E-state index in [9.17, 15) is 9.18 Å². The molecule has 1 heterocycles. The second kappa shape index (κ2) is 7.90. The molecule has 1 aromatic heterocycles. The second-order valence-corrected chi connectivity index (χ2v) is 5.82. The SMILES string of the molecule is COc1ccc(NC(=O)Cc2nc(-c3cccc(F)c3)oc2C)c(OC)c1. The Balaban J connectivity index is 1.75. The summed E-state index contributed by atoms with van der Waals surface area (Å²) in [5.41, 5.74) is 1.52. The first-order valence-corrected chi connectivity index (χ1v) is 8.24. The number of methoxy groups -OCH3 is 2. The third-order valence-electron chi connectivity index (χ3n) is 3.98. The molecule has 0 aliphatic heterocycles. The summed E-state index contributed by atoms with van der Waals surface area (Å²) in [5, 5.41) is 2.79. The third-order valence-corrected chi connectivity index (χ3v) is 3.98. The lowest BCUT2D eigenvalue weighted by Crippen LogP contribution is -2.15. The van der Waals surface area contributed by atoms with Gasteiger partial charge in [0.25, 0.3) is 0 Å². The molecule has 0 radical (unpaired) electrons. The first kappa shape index (κ1) is 18.4. The van der Waals surface area contributed by atoms with Crippen LogP contribution in [0.2, 0.25) is 0 Å². The highest BCUT2D eigenvalue weighted by molar-refractivity contribution is 5.93. The number of aryl methyl sites for hydroxylation is 1. The van der Waals surface area contributed by atoms with Crippen molar-refractivity contribution >= 4 is 11.6 Å². The van der Waals surface area contributed by atoms with Gasteiger partial charge in [-0.25, -0.2) is 9.37 Å². The number of nitrogens with one attached hydrogen (secondary N) is 1. The Labute approximate surface area is 155 Å². The molecule has 0 atom stereocenters. The zero-order chi connectivity index (χ0) is 19.4. The van der Waals surface area contributed by atoms with Gasteiger partial charge >= 0.3 is 0 Å². The van der Waals surface area contributed by atoms with Crippen molar-refractivity contribution in [3.05, 3.63) is 59.7 Å². The van der Waals surface area contributed by atoms with Crippen LogP contribution in [0.3, 0.4) is 0 Å². The van der Waals surface area contributed by atoms with Crippen LogP contribution < -0.4 is 14.8 Å². The topological polar surface area (TPSA) is 73.6 Å². The normalized spacial score (nSPS) is 10.5. The largest absolute Gasteiger partial charge is 0.497 e. The fourth-order valence-electron chi connectivity index (χ4n) is 2.59. The van der Waals surface area contributed by atoms with E-state index >= 15 is 0 Å². The number of oxazole rings is 1. The maximum absolute atomic E-state index is 13.4. The Bertz CT molecular complexity index is 968. The van der Waals surface area contributed by atoms with Gasteiger partial charge in [0, 0.05) is 11.6 Å². The van der Waals surface area contributed by atoms with E-state index in [0.29, 0.717) is 34.2 Å². The number of hydrogen-bond acceptors (Lipinski definition) is 5. The number of nitrogens with zero attached hydrogens (tertiary/aromatic N) is 1. The molecule has 1 N–H and O–H groups in total. The number of hydrogen-bond donors (Lipinski definition) is 1. The fourth-order valence-corrected chi connectivity index (χ4v) is 2.59. The molecule has 7 heteroatoms. The van der Waals surface area contributed by atoms with Gasteiger partial charge in [-0.05, 0) is 37.3 Å². The van der Waals surface area contributed by atoms with E-state index in [1.54, 1.807) is 44.4 Å². The van der Waals surface area contributed by atoms with Crippen molar-refractivity contribution < 1.29 is 23.1 Å². The van der Waals surface area contributed by atoms with Gasteiger partial charge in [0.1, 0.15) is 23.1 Å². The Morgan fingerprint density at radius 1 is 1.19 bits per heavy atom. The number of carbonyl (C=O) groups excluding carboxylic acids is 1. The average molecular weight is 370 g/mol. The van der Waals surface area contributed by atoms with Crippen LogP contribution in [0, 0.1) is 12.7 Å². The number of ether oxygens (including phenoxy) is 2. The van der Waals surface area contributed by atoms with E-state index in [2.05, 4.69) is 10.3 Å². The molecule has 1 amide bonds. The van der Waals surface area contributed by atoms with Gasteiger partial charge < -0.3 is 19.2 Å². The van der Waals surface area contributed by atoms with Gasteiger partial charge in [-0.1, -0.05) is 6.07 Å². The van der Waals surface area contributed by atoms with Gasteiger partial charge in [0.05, 0.1) is 32.0 Å². The van der Waals surface area contributed by atoms with Crippen molar-refractivity contribution in [3.8, 4) is 23.0 Å². The van der Waals surface area contributed by atoms with E-state index in [1.807, 2.05) is 0 Å². The summed E-state index contributed by atoms with van der Waals surface area (Å²) < 4.78 is 29.4. The maximum atomic E-state index is 13.4. The minimum absolute atomic E-state index is 0.0137. The summed E-state index contributed by atoms with van der Waals surface area (Å²) in [4.78, 5) is 16.7. The lowest BCUT2D eigenvalue weighted by molar-refractivity contribution is -0.115. The van der Waals surface area contributed by atoms with Crippen molar-refractivity contribution in [1.29, 1.82) is 0 Å². The minimum Gasteiger partial charge on any atom is -0.497 e. The summed E-state index contributed by atoms with van der Waals surface area (Å²) in [5.74, 6) is 1.23. The average Bonchev–Trinajstić information content (AvgIpc) is 3.02. The van der Waals surface area contributed by atoms with E-state index in [0.717, 1.165) is 0 Å². The standard InChI is InChI=1S/C20H19FN2O4/c1-12-17(23-20(27-12)13-5-4-6-14(21)9-13)11-19(24)22-16-8-7-15(25-2)10-18(16)26-3/h4-10H,11H2,1-3H3,(H,22,24). The summed E-state index contributed by atoms with van der Waals surface area (Å²) in [6.07, 6.45) is 0.0137. The van der Waals surface area contributed by atoms with Crippen LogP contribution >= 0.6 is 0 Å². The number of amides is 1. The molecule has 0 fully saturated rings. The van der Waals surface area contributed by atoms with Gasteiger partial charge in [0.2, 0.25) is 11.8 Å². The Kier molecular flexibility index (Phi) is 5.40. The first-order valence-electron chi connectivity index (χ1n) is 8.24. The van der Waals surface area contributed by atoms with E-state index in [4.69, 9.17) is 13.9 Å². The zero-order valence-corrected chi connectivity index (χ0v) is 15.2. The maximum Gasteiger partial charge on any atom is 0.230 e. The van der Waals surface area contributed by atoms with Crippen LogP contribution in [-0.2, 0) is 11.2 Å². The number of halogens is 1. The van der Waals surface area contributed by atoms with Crippen LogP contribution in [0.4, 0.5) is 10.1 Å². The Hall–Kier alpha value is -3.35. The number of anilines is 1. The highest BCUT2D eigenvalue weighted by Crippen LogP contribution is 2.29. The molecule has 6 nitrogen and oxygen atoms in total. The Morgan fingerprint density at radius 2 is 2.00 bits per heavy atom. The molecule has 0 spiro atoms. The molecule has 3 aromatic rings. The van der Waals surface area contributed by atoms with Crippen LogP contribution in [0.25, 0.3) is 11.5 Å². The number of rotatable bonds is 6.